The van der Waals surface area contributed by atoms with Gasteiger partial charge in [0.15, 0.2) is 5.96 Å². The van der Waals surface area contributed by atoms with Crippen LogP contribution in [0.2, 0.25) is 0 Å². The van der Waals surface area contributed by atoms with Crippen molar-refractivity contribution < 1.29 is 62.3 Å². The first-order valence-corrected chi connectivity index (χ1v) is 35.1. The van der Waals surface area contributed by atoms with Gasteiger partial charge in [-0.15, -0.1) is 0 Å². The molecule has 540 valence electrons. The highest BCUT2D eigenvalue weighted by molar-refractivity contribution is 7.98. The number of amides is 13. The molecule has 0 aromatic heterocycles. The van der Waals surface area contributed by atoms with Crippen molar-refractivity contribution in [1.29, 1.82) is 0 Å². The van der Waals surface area contributed by atoms with E-state index in [1.807, 2.05) is 20.1 Å². The zero-order valence-corrected chi connectivity index (χ0v) is 57.2. The standard InChI is InChI=1S/C66H102N18O13S/c1-39(2)36-47(58(90)75-43(55(71)87)29-35-98-3)80-62(94)52-24-15-34-84(52)65(97)49(38-41-18-8-5-9-19-41)81-59(91)48(37-40-16-6-4-7-17-40)79-57(89)44(25-27-53(69)85)76-56(88)45(26-28-54(70)86)77-60(92)51-23-14-33-83(51)64(96)46(21-10-11-30-67)78-61(93)50-22-13-32-82(50)63(95)42(68)20-12-31-74-66(72)73/h4-9,16-19,39,42-52H,10-15,20-38,67-68H2,1-3H3,(H2,69,85)(H2,70,86)(H2,71,87)(H,75,90)(H,76,88)(H,77,92)(H,78,93)(H,79,89)(H,80,94)(H,81,91)(H4,72,73,74). The lowest BCUT2D eigenvalue weighted by Gasteiger charge is -2.32. The molecule has 3 aliphatic rings. The Kier molecular flexibility index (Phi) is 33.1. The monoisotopic (exact) mass is 1390 g/mol. The van der Waals surface area contributed by atoms with Gasteiger partial charge in [0.2, 0.25) is 76.8 Å². The number of thioether (sulfide) groups is 1. The number of hydrogen-bond donors (Lipinski definition) is 14. The van der Waals surface area contributed by atoms with E-state index in [1.54, 1.807) is 60.7 Å². The number of nitrogens with zero attached hydrogens (tertiary/aromatic N) is 4. The quantitative estimate of drug-likeness (QED) is 0.0181. The Labute approximate surface area is 576 Å². The molecule has 21 N–H and O–H groups in total. The second-order valence-electron chi connectivity index (χ2n) is 25.5. The predicted molar refractivity (Wildman–Crippen MR) is 367 cm³/mol. The first kappa shape index (κ1) is 79.8. The maximum absolute atomic E-state index is 15.0. The maximum atomic E-state index is 15.0. The highest BCUT2D eigenvalue weighted by atomic mass is 32.2. The second kappa shape index (κ2) is 40.7. The van der Waals surface area contributed by atoms with Crippen LogP contribution in [0.25, 0.3) is 0 Å². The summed E-state index contributed by atoms with van der Waals surface area (Å²) in [7, 11) is 0. The van der Waals surface area contributed by atoms with Gasteiger partial charge in [-0.1, -0.05) is 74.5 Å². The highest BCUT2D eigenvalue weighted by Gasteiger charge is 2.44. The van der Waals surface area contributed by atoms with Crippen LogP contribution in [-0.4, -0.2) is 209 Å². The lowest BCUT2D eigenvalue weighted by molar-refractivity contribution is -0.144. The van der Waals surface area contributed by atoms with Gasteiger partial charge in [-0.2, -0.15) is 11.8 Å². The molecule has 11 atom stereocenters. The van der Waals surface area contributed by atoms with Crippen LogP contribution in [0.1, 0.15) is 134 Å². The first-order chi connectivity index (χ1) is 46.7. The number of nitrogens with one attached hydrogen (secondary N) is 7. The topological polar surface area (TPSA) is 510 Å². The molecule has 2 aromatic rings. The minimum Gasteiger partial charge on any atom is -0.370 e. The molecule has 3 saturated heterocycles. The van der Waals surface area contributed by atoms with Crippen LogP contribution in [0.15, 0.2) is 65.7 Å². The summed E-state index contributed by atoms with van der Waals surface area (Å²) in [6.07, 6.45) is 3.85. The van der Waals surface area contributed by atoms with Gasteiger partial charge in [0, 0.05) is 51.9 Å². The van der Waals surface area contributed by atoms with Gasteiger partial charge in [0.05, 0.1) is 6.04 Å². The summed E-state index contributed by atoms with van der Waals surface area (Å²) < 4.78 is 0. The van der Waals surface area contributed by atoms with Gasteiger partial charge >= 0.3 is 0 Å². The van der Waals surface area contributed by atoms with Crippen LogP contribution >= 0.6 is 11.8 Å². The summed E-state index contributed by atoms with van der Waals surface area (Å²) in [4.78, 5) is 189. The van der Waals surface area contributed by atoms with Gasteiger partial charge in [-0.05, 0) is 132 Å². The minimum atomic E-state index is -1.64. The number of carbonyl (C=O) groups is 13. The molecule has 31 nitrogen and oxygen atoms in total. The molecule has 3 heterocycles. The number of hydrogen-bond acceptors (Lipinski definition) is 17. The van der Waals surface area contributed by atoms with E-state index in [4.69, 9.17) is 40.1 Å². The third-order valence-corrected chi connectivity index (χ3v) is 18.1. The number of likely N-dealkylation sites (tertiary alicyclic amines) is 3. The average molecular weight is 1390 g/mol. The first-order valence-electron chi connectivity index (χ1n) is 33.7. The molecule has 0 saturated carbocycles. The number of aliphatic imine (C=N–C) groups is 1. The van der Waals surface area contributed by atoms with Gasteiger partial charge < -0.3 is 92.1 Å². The lowest BCUT2D eigenvalue weighted by Crippen LogP contribution is -2.61. The number of rotatable bonds is 41. The average Bonchev–Trinajstić information content (AvgIpc) is 1.60. The van der Waals surface area contributed by atoms with Gasteiger partial charge in [0.1, 0.15) is 60.4 Å². The van der Waals surface area contributed by atoms with Crippen molar-refractivity contribution >= 4 is 94.5 Å². The number of primary amides is 3. The Morgan fingerprint density at radius 2 is 0.908 bits per heavy atom. The Balaban J connectivity index is 1.37. The second-order valence-corrected chi connectivity index (χ2v) is 26.5. The number of guanidine groups is 1. The third kappa shape index (κ3) is 25.5. The molecule has 0 bridgehead atoms. The van der Waals surface area contributed by atoms with E-state index in [0.29, 0.717) is 61.8 Å². The summed E-state index contributed by atoms with van der Waals surface area (Å²) in [5.41, 5.74) is 40.9. The van der Waals surface area contributed by atoms with Crippen molar-refractivity contribution in [2.24, 2.45) is 51.0 Å². The van der Waals surface area contributed by atoms with Crippen LogP contribution in [-0.2, 0) is 75.2 Å². The summed E-state index contributed by atoms with van der Waals surface area (Å²) in [5.74, 6) is -9.34. The van der Waals surface area contributed by atoms with Crippen LogP contribution in [0, 0.1) is 5.92 Å². The largest absolute Gasteiger partial charge is 0.370 e. The fourth-order valence-electron chi connectivity index (χ4n) is 12.3. The molecule has 13 amide bonds. The van der Waals surface area contributed by atoms with Crippen LogP contribution in [0.3, 0.4) is 0 Å². The number of benzene rings is 2. The Morgan fingerprint density at radius 3 is 1.38 bits per heavy atom. The van der Waals surface area contributed by atoms with Crippen LogP contribution in [0.4, 0.5) is 0 Å². The number of unbranched alkanes of at least 4 members (excludes halogenated alkanes) is 1. The summed E-state index contributed by atoms with van der Waals surface area (Å²) >= 11 is 1.47. The van der Waals surface area contributed by atoms with E-state index in [1.165, 1.54) is 26.5 Å². The minimum absolute atomic E-state index is 0.0759. The summed E-state index contributed by atoms with van der Waals surface area (Å²) in [6, 6.07) is 3.77. The molecule has 32 heteroatoms. The number of carbonyl (C=O) groups excluding carboxylic acids is 13. The normalized spacial score (nSPS) is 18.3. The van der Waals surface area contributed by atoms with Crippen molar-refractivity contribution in [3.05, 3.63) is 71.8 Å². The van der Waals surface area contributed by atoms with Crippen molar-refractivity contribution in [3.63, 3.8) is 0 Å². The van der Waals surface area contributed by atoms with E-state index < -0.39 is 169 Å². The SMILES string of the molecule is CSCCC(NC(=O)C(CC(C)C)NC(=O)C1CCCN1C(=O)C(Cc1ccccc1)NC(=O)C(Cc1ccccc1)NC(=O)C(CCC(N)=O)NC(=O)C(CCC(N)=O)NC(=O)C1CCCN1C(=O)C(CCCCN)NC(=O)C1CCCN1C(=O)C(N)CCCN=C(N)N)C(N)=O. The predicted octanol–water partition coefficient (Wildman–Crippen LogP) is -2.84. The lowest BCUT2D eigenvalue weighted by atomic mass is 10.0. The zero-order valence-electron chi connectivity index (χ0n) is 56.4. The van der Waals surface area contributed by atoms with Gasteiger partial charge in [-0.25, -0.2) is 0 Å². The van der Waals surface area contributed by atoms with E-state index in [9.17, 15) is 57.5 Å². The summed E-state index contributed by atoms with van der Waals surface area (Å²) in [5, 5.41) is 19.1. The fraction of sp³-hybridized carbons (Fsp3) is 0.606. The fourth-order valence-corrected chi connectivity index (χ4v) is 12.7. The Hall–Kier alpha value is -8.91. The molecule has 11 unspecified atom stereocenters. The van der Waals surface area contributed by atoms with E-state index >= 15 is 4.79 Å². The zero-order chi connectivity index (χ0) is 72.0. The molecule has 5 rings (SSSR count). The summed E-state index contributed by atoms with van der Waals surface area (Å²) in [6.45, 7) is 4.69. The molecule has 3 aliphatic heterocycles. The van der Waals surface area contributed by atoms with Crippen molar-refractivity contribution in [2.45, 2.75) is 202 Å². The van der Waals surface area contributed by atoms with Crippen LogP contribution < -0.4 is 77.4 Å². The molecule has 0 spiro atoms. The molecule has 3 fully saturated rings. The van der Waals surface area contributed by atoms with Gasteiger partial charge in [-0.3, -0.25) is 67.3 Å². The molecular formula is C66H102N18O13S. The third-order valence-electron chi connectivity index (χ3n) is 17.4. The van der Waals surface area contributed by atoms with Gasteiger partial charge in [0.25, 0.3) is 0 Å². The smallest absolute Gasteiger partial charge is 0.246 e. The van der Waals surface area contributed by atoms with Crippen LogP contribution in [0.5, 0.6) is 0 Å². The van der Waals surface area contributed by atoms with E-state index in [2.05, 4.69) is 42.2 Å². The molecular weight excluding hydrogens is 1280 g/mol. The molecule has 0 aliphatic carbocycles. The van der Waals surface area contributed by atoms with Crippen molar-refractivity contribution in [2.75, 3.05) is 44.7 Å². The maximum Gasteiger partial charge on any atom is 0.246 e. The van der Waals surface area contributed by atoms with E-state index in [0.717, 1.165) is 0 Å². The van der Waals surface area contributed by atoms with Crippen molar-refractivity contribution in [1.82, 2.24) is 51.9 Å². The Morgan fingerprint density at radius 1 is 0.490 bits per heavy atom. The van der Waals surface area contributed by atoms with E-state index in [-0.39, 0.29) is 96.0 Å². The van der Waals surface area contributed by atoms with Crippen molar-refractivity contribution in [3.8, 4) is 0 Å². The molecule has 2 aromatic carbocycles. The molecule has 98 heavy (non-hydrogen) atoms. The molecule has 0 radical (unpaired) electrons. The number of nitrogens with two attached hydrogens (primary N) is 7. The highest BCUT2D eigenvalue weighted by Crippen LogP contribution is 2.25. The Bertz CT molecular complexity index is 3090.